The van der Waals surface area contributed by atoms with E-state index in [9.17, 15) is 9.90 Å². The summed E-state index contributed by atoms with van der Waals surface area (Å²) >= 11 is 7.63. The molecule has 0 spiro atoms. The van der Waals surface area contributed by atoms with Crippen LogP contribution in [0.15, 0.2) is 4.52 Å². The van der Waals surface area contributed by atoms with Crippen molar-refractivity contribution in [2.45, 2.75) is 31.8 Å². The van der Waals surface area contributed by atoms with Crippen LogP contribution in [0.1, 0.15) is 24.1 Å². The molecule has 2 rings (SSSR count). The SMILES string of the molecule is Cc1noc(Cl)c1CC(=O)NCC1(O)CCSCC1. The summed E-state index contributed by atoms with van der Waals surface area (Å²) in [5, 5.41) is 16.9. The van der Waals surface area contributed by atoms with Crippen molar-refractivity contribution in [2.24, 2.45) is 0 Å². The van der Waals surface area contributed by atoms with Crippen molar-refractivity contribution in [3.05, 3.63) is 16.5 Å². The van der Waals surface area contributed by atoms with E-state index in [0.29, 0.717) is 24.1 Å². The van der Waals surface area contributed by atoms with Crippen molar-refractivity contribution in [1.82, 2.24) is 10.5 Å². The van der Waals surface area contributed by atoms with Crippen molar-refractivity contribution in [3.63, 3.8) is 0 Å². The van der Waals surface area contributed by atoms with E-state index in [4.69, 9.17) is 16.1 Å². The van der Waals surface area contributed by atoms with Crippen LogP contribution in [-0.4, -0.2) is 39.8 Å². The van der Waals surface area contributed by atoms with E-state index in [1.165, 1.54) is 0 Å². The number of aryl methyl sites for hydroxylation is 1. The molecule has 1 aliphatic rings. The molecule has 0 aromatic carbocycles. The van der Waals surface area contributed by atoms with Crippen molar-refractivity contribution in [3.8, 4) is 0 Å². The summed E-state index contributed by atoms with van der Waals surface area (Å²) in [6.45, 7) is 2.03. The van der Waals surface area contributed by atoms with Gasteiger partial charge in [-0.3, -0.25) is 4.79 Å². The highest BCUT2D eigenvalue weighted by atomic mass is 35.5. The number of hydrogen-bond acceptors (Lipinski definition) is 5. The van der Waals surface area contributed by atoms with Crippen LogP contribution in [0.25, 0.3) is 0 Å². The molecule has 7 heteroatoms. The lowest BCUT2D eigenvalue weighted by Crippen LogP contribution is -2.45. The fourth-order valence-corrected chi connectivity index (χ4v) is 3.46. The summed E-state index contributed by atoms with van der Waals surface area (Å²) < 4.78 is 4.79. The van der Waals surface area contributed by atoms with Crippen LogP contribution < -0.4 is 5.32 Å². The maximum absolute atomic E-state index is 11.8. The number of carbonyl (C=O) groups excluding carboxylic acids is 1. The molecule has 2 heterocycles. The topological polar surface area (TPSA) is 75.4 Å². The lowest BCUT2D eigenvalue weighted by Gasteiger charge is -2.31. The third kappa shape index (κ3) is 3.87. The molecular formula is C12H17ClN2O3S. The second kappa shape index (κ2) is 6.15. The quantitative estimate of drug-likeness (QED) is 0.883. The Bertz CT molecular complexity index is 438. The van der Waals surface area contributed by atoms with Crippen LogP contribution >= 0.6 is 23.4 Å². The molecule has 1 amide bonds. The predicted octanol–water partition coefficient (Wildman–Crippen LogP) is 1.55. The van der Waals surface area contributed by atoms with E-state index >= 15 is 0 Å². The maximum Gasteiger partial charge on any atom is 0.229 e. The molecule has 0 saturated carbocycles. The number of thioether (sulfide) groups is 1. The predicted molar refractivity (Wildman–Crippen MR) is 74.5 cm³/mol. The van der Waals surface area contributed by atoms with Crippen LogP contribution in [0.5, 0.6) is 0 Å². The number of amides is 1. The Kier molecular flexibility index (Phi) is 4.76. The van der Waals surface area contributed by atoms with Crippen LogP contribution in [0, 0.1) is 6.92 Å². The highest BCUT2D eigenvalue weighted by Gasteiger charge is 2.30. The maximum atomic E-state index is 11.8. The largest absolute Gasteiger partial charge is 0.388 e. The molecule has 0 atom stereocenters. The molecule has 1 aliphatic heterocycles. The molecule has 1 aromatic rings. The first kappa shape index (κ1) is 14.7. The Labute approximate surface area is 121 Å². The van der Waals surface area contributed by atoms with Crippen LogP contribution in [0.3, 0.4) is 0 Å². The van der Waals surface area contributed by atoms with E-state index in [2.05, 4.69) is 10.5 Å². The van der Waals surface area contributed by atoms with Crippen LogP contribution in [-0.2, 0) is 11.2 Å². The number of aliphatic hydroxyl groups is 1. The fraction of sp³-hybridized carbons (Fsp3) is 0.667. The van der Waals surface area contributed by atoms with Crippen molar-refractivity contribution < 1.29 is 14.4 Å². The number of halogens is 1. The lowest BCUT2D eigenvalue weighted by atomic mass is 9.97. The summed E-state index contributed by atoms with van der Waals surface area (Å²) in [6, 6.07) is 0. The minimum atomic E-state index is -0.769. The summed E-state index contributed by atoms with van der Waals surface area (Å²) in [5.41, 5.74) is 0.451. The lowest BCUT2D eigenvalue weighted by molar-refractivity contribution is -0.121. The minimum absolute atomic E-state index is 0.124. The zero-order valence-corrected chi connectivity index (χ0v) is 12.3. The summed E-state index contributed by atoms with van der Waals surface area (Å²) in [6.07, 6.45) is 1.55. The average molecular weight is 305 g/mol. The van der Waals surface area contributed by atoms with Gasteiger partial charge in [0.15, 0.2) is 0 Å². The van der Waals surface area contributed by atoms with Gasteiger partial charge in [-0.2, -0.15) is 11.8 Å². The second-order valence-corrected chi connectivity index (χ2v) is 6.38. The monoisotopic (exact) mass is 304 g/mol. The van der Waals surface area contributed by atoms with Gasteiger partial charge >= 0.3 is 0 Å². The molecule has 1 fully saturated rings. The van der Waals surface area contributed by atoms with Crippen molar-refractivity contribution in [1.29, 1.82) is 0 Å². The van der Waals surface area contributed by atoms with E-state index < -0.39 is 5.60 Å². The molecule has 1 saturated heterocycles. The molecule has 5 nitrogen and oxygen atoms in total. The number of nitrogens with zero attached hydrogens (tertiary/aromatic N) is 1. The van der Waals surface area contributed by atoms with Crippen molar-refractivity contribution in [2.75, 3.05) is 18.1 Å². The van der Waals surface area contributed by atoms with E-state index in [0.717, 1.165) is 11.5 Å². The molecule has 106 valence electrons. The van der Waals surface area contributed by atoms with Gasteiger partial charge in [-0.25, -0.2) is 0 Å². The number of rotatable bonds is 4. The Morgan fingerprint density at radius 3 is 2.84 bits per heavy atom. The Hall–Kier alpha value is -0.720. The highest BCUT2D eigenvalue weighted by Crippen LogP contribution is 2.26. The smallest absolute Gasteiger partial charge is 0.229 e. The highest BCUT2D eigenvalue weighted by molar-refractivity contribution is 7.99. The van der Waals surface area contributed by atoms with E-state index in [-0.39, 0.29) is 24.1 Å². The summed E-state index contributed by atoms with van der Waals surface area (Å²) in [7, 11) is 0. The normalized spacial score (nSPS) is 18.3. The Balaban J connectivity index is 1.85. The third-order valence-electron chi connectivity index (χ3n) is 3.31. The first-order chi connectivity index (χ1) is 9.00. The molecular weight excluding hydrogens is 288 g/mol. The van der Waals surface area contributed by atoms with Gasteiger partial charge in [-0.05, 0) is 42.9 Å². The number of carbonyl (C=O) groups is 1. The van der Waals surface area contributed by atoms with Gasteiger partial charge in [0.2, 0.25) is 11.1 Å². The molecule has 0 radical (unpaired) electrons. The van der Waals surface area contributed by atoms with Gasteiger partial charge in [0.1, 0.15) is 0 Å². The third-order valence-corrected chi connectivity index (χ3v) is 4.59. The minimum Gasteiger partial charge on any atom is -0.388 e. The Morgan fingerprint density at radius 2 is 2.26 bits per heavy atom. The van der Waals surface area contributed by atoms with Crippen molar-refractivity contribution >= 4 is 29.3 Å². The molecule has 1 aromatic heterocycles. The molecule has 0 bridgehead atoms. The molecule has 2 N–H and O–H groups in total. The van der Waals surface area contributed by atoms with Gasteiger partial charge in [-0.1, -0.05) is 5.16 Å². The summed E-state index contributed by atoms with van der Waals surface area (Å²) in [5.74, 6) is 1.69. The first-order valence-corrected chi connectivity index (χ1v) is 7.71. The number of hydrogen-bond donors (Lipinski definition) is 2. The van der Waals surface area contributed by atoms with Gasteiger partial charge in [0.25, 0.3) is 0 Å². The van der Waals surface area contributed by atoms with E-state index in [1.807, 2.05) is 11.8 Å². The fourth-order valence-electron chi connectivity index (χ4n) is 1.97. The van der Waals surface area contributed by atoms with Gasteiger partial charge < -0.3 is 14.9 Å². The standard InChI is InChI=1S/C12H17ClN2O3S/c1-8-9(11(13)18-15-8)6-10(16)14-7-12(17)2-4-19-5-3-12/h17H,2-7H2,1H3,(H,14,16). The number of aromatic nitrogens is 1. The van der Waals surface area contributed by atoms with Gasteiger partial charge in [0, 0.05) is 12.1 Å². The first-order valence-electron chi connectivity index (χ1n) is 6.18. The second-order valence-electron chi connectivity index (χ2n) is 4.81. The Morgan fingerprint density at radius 1 is 1.58 bits per heavy atom. The van der Waals surface area contributed by atoms with E-state index in [1.54, 1.807) is 6.92 Å². The van der Waals surface area contributed by atoms with Crippen LogP contribution in [0.4, 0.5) is 0 Å². The van der Waals surface area contributed by atoms with Gasteiger partial charge in [0.05, 0.1) is 17.7 Å². The molecule has 19 heavy (non-hydrogen) atoms. The van der Waals surface area contributed by atoms with Gasteiger partial charge in [-0.15, -0.1) is 0 Å². The zero-order chi connectivity index (χ0) is 13.9. The molecule has 0 unspecified atom stereocenters. The van der Waals surface area contributed by atoms with Crippen LogP contribution in [0.2, 0.25) is 5.22 Å². The molecule has 0 aliphatic carbocycles. The zero-order valence-electron chi connectivity index (χ0n) is 10.7. The number of nitrogens with one attached hydrogen (secondary N) is 1. The summed E-state index contributed by atoms with van der Waals surface area (Å²) in [4.78, 5) is 11.8. The average Bonchev–Trinajstić information content (AvgIpc) is 2.69.